The van der Waals surface area contributed by atoms with Crippen molar-refractivity contribution in [2.45, 2.75) is 32.2 Å². The first kappa shape index (κ1) is 28.4. The second kappa shape index (κ2) is 12.6. The highest BCUT2D eigenvalue weighted by Gasteiger charge is 2.28. The second-order valence-electron chi connectivity index (χ2n) is 10.6. The predicted octanol–water partition coefficient (Wildman–Crippen LogP) is 3.48. The molecular weight excluding hydrogens is 520 g/mol. The van der Waals surface area contributed by atoms with E-state index in [4.69, 9.17) is 20.9 Å². The minimum atomic E-state index is -0.683. The van der Waals surface area contributed by atoms with E-state index in [2.05, 4.69) is 37.0 Å². The summed E-state index contributed by atoms with van der Waals surface area (Å²) in [5.74, 6) is 1.06. The number of amides is 1. The number of aryl methyl sites for hydroxylation is 1. The van der Waals surface area contributed by atoms with Gasteiger partial charge < -0.3 is 36.1 Å². The van der Waals surface area contributed by atoms with E-state index in [0.717, 1.165) is 63.5 Å². The molecule has 0 saturated carbocycles. The van der Waals surface area contributed by atoms with Crippen LogP contribution in [0.25, 0.3) is 0 Å². The molecule has 0 bridgehead atoms. The Hall–Kier alpha value is -4.09. The summed E-state index contributed by atoms with van der Waals surface area (Å²) in [5.41, 5.74) is 14.4. The minimum absolute atomic E-state index is 0.0378. The molecule has 3 heterocycles. The summed E-state index contributed by atoms with van der Waals surface area (Å²) in [6.45, 7) is 8.42. The summed E-state index contributed by atoms with van der Waals surface area (Å²) in [7, 11) is 3.86. The number of piperidine rings is 1. The molecule has 0 aliphatic carbocycles. The predicted molar refractivity (Wildman–Crippen MR) is 161 cm³/mol. The number of hydrogen-bond donors (Lipinski definition) is 3. The number of nitrogen functional groups attached to an aromatic ring is 1. The van der Waals surface area contributed by atoms with Gasteiger partial charge in [-0.3, -0.25) is 9.69 Å². The number of nitrogens with one attached hydrogen (secondary N) is 1. The second-order valence-corrected chi connectivity index (χ2v) is 10.6. The lowest BCUT2D eigenvalue weighted by molar-refractivity contribution is 0.0981. The molecule has 0 spiro atoms. The Morgan fingerprint density at radius 3 is 2.46 bits per heavy atom. The number of carbonyl (C=O) groups excluding carboxylic acids is 1. The summed E-state index contributed by atoms with van der Waals surface area (Å²) in [5, 5.41) is 3.21. The normalized spacial score (nSPS) is 16.9. The third-order valence-corrected chi connectivity index (χ3v) is 7.87. The SMILES string of the molecule is CCc1nc(C(N)=O)c(Nc2ccc(N3CCC(N4CCN(C)CC4)CC3)c(OC)c2)nc1Oc1cccc(N)c1. The van der Waals surface area contributed by atoms with Crippen LogP contribution in [-0.2, 0) is 6.42 Å². The standard InChI is InChI=1S/C30H40N8O3/c1-4-24-30(41-23-7-5-6-20(31)18-23)35-29(27(34-24)28(32)39)33-21-8-9-25(26(19-21)40-3)38-12-10-22(11-13-38)37-16-14-36(2)15-17-37/h5-9,18-19,22H,4,10-17,31H2,1-3H3,(H2,32,39)(H,33,35). The molecule has 3 aromatic rings. The van der Waals surface area contributed by atoms with Crippen LogP contribution in [0, 0.1) is 0 Å². The molecule has 2 aliphatic heterocycles. The smallest absolute Gasteiger partial charge is 0.271 e. The molecule has 2 aliphatic rings. The van der Waals surface area contributed by atoms with Gasteiger partial charge in [-0.25, -0.2) is 4.98 Å². The van der Waals surface area contributed by atoms with Crippen molar-refractivity contribution in [3.05, 3.63) is 53.9 Å². The first-order valence-electron chi connectivity index (χ1n) is 14.2. The van der Waals surface area contributed by atoms with Gasteiger partial charge in [0, 0.05) is 68.8 Å². The molecule has 0 unspecified atom stereocenters. The molecule has 2 saturated heterocycles. The minimum Gasteiger partial charge on any atom is -0.495 e. The molecule has 5 N–H and O–H groups in total. The average Bonchev–Trinajstić information content (AvgIpc) is 2.97. The van der Waals surface area contributed by atoms with Gasteiger partial charge in [0.1, 0.15) is 17.2 Å². The van der Waals surface area contributed by atoms with Crippen molar-refractivity contribution in [2.24, 2.45) is 5.73 Å². The maximum atomic E-state index is 12.3. The number of benzene rings is 2. The van der Waals surface area contributed by atoms with E-state index in [1.165, 1.54) is 0 Å². The Morgan fingerprint density at radius 1 is 1.05 bits per heavy atom. The number of anilines is 4. The van der Waals surface area contributed by atoms with E-state index in [0.29, 0.717) is 35.3 Å². The molecule has 11 nitrogen and oxygen atoms in total. The van der Waals surface area contributed by atoms with Crippen LogP contribution in [0.4, 0.5) is 22.9 Å². The zero-order valence-electron chi connectivity index (χ0n) is 24.1. The van der Waals surface area contributed by atoms with Crippen molar-refractivity contribution in [1.82, 2.24) is 19.8 Å². The highest BCUT2D eigenvalue weighted by atomic mass is 16.5. The fourth-order valence-electron chi connectivity index (χ4n) is 5.53. The third-order valence-electron chi connectivity index (χ3n) is 7.87. The Bertz CT molecular complexity index is 1370. The molecule has 2 fully saturated rings. The number of piperazine rings is 1. The highest BCUT2D eigenvalue weighted by Crippen LogP contribution is 2.35. The fourth-order valence-corrected chi connectivity index (χ4v) is 5.53. The molecule has 41 heavy (non-hydrogen) atoms. The lowest BCUT2D eigenvalue weighted by Gasteiger charge is -2.42. The van der Waals surface area contributed by atoms with Crippen LogP contribution in [0.15, 0.2) is 42.5 Å². The van der Waals surface area contributed by atoms with E-state index in [1.807, 2.05) is 25.1 Å². The number of ether oxygens (including phenoxy) is 2. The lowest BCUT2D eigenvalue weighted by Crippen LogP contribution is -2.52. The van der Waals surface area contributed by atoms with Crippen molar-refractivity contribution < 1.29 is 14.3 Å². The topological polar surface area (TPSA) is 135 Å². The number of primary amides is 1. The van der Waals surface area contributed by atoms with Crippen molar-refractivity contribution in [3.63, 3.8) is 0 Å². The van der Waals surface area contributed by atoms with Crippen molar-refractivity contribution in [1.29, 1.82) is 0 Å². The summed E-state index contributed by atoms with van der Waals surface area (Å²) in [6.07, 6.45) is 2.76. The molecule has 0 radical (unpaired) electrons. The van der Waals surface area contributed by atoms with Gasteiger partial charge in [-0.05, 0) is 50.6 Å². The van der Waals surface area contributed by atoms with Crippen LogP contribution in [0.1, 0.15) is 35.9 Å². The number of aromatic nitrogens is 2. The Labute approximate surface area is 241 Å². The van der Waals surface area contributed by atoms with Crippen LogP contribution in [0.3, 0.4) is 0 Å². The monoisotopic (exact) mass is 560 g/mol. The summed E-state index contributed by atoms with van der Waals surface area (Å²) in [4.78, 5) is 28.9. The molecule has 2 aromatic carbocycles. The van der Waals surface area contributed by atoms with Gasteiger partial charge in [-0.1, -0.05) is 13.0 Å². The average molecular weight is 561 g/mol. The van der Waals surface area contributed by atoms with Crippen LogP contribution in [-0.4, -0.2) is 85.1 Å². The van der Waals surface area contributed by atoms with Crippen molar-refractivity contribution in [2.75, 3.05) is 69.4 Å². The van der Waals surface area contributed by atoms with Crippen molar-refractivity contribution >= 4 is 28.8 Å². The number of methoxy groups -OCH3 is 1. The molecular formula is C30H40N8O3. The number of carbonyl (C=O) groups is 1. The maximum absolute atomic E-state index is 12.3. The van der Waals surface area contributed by atoms with Crippen LogP contribution < -0.4 is 31.2 Å². The zero-order chi connectivity index (χ0) is 28.9. The largest absolute Gasteiger partial charge is 0.495 e. The summed E-state index contributed by atoms with van der Waals surface area (Å²) < 4.78 is 11.8. The Kier molecular flexibility index (Phi) is 8.75. The molecule has 0 atom stereocenters. The van der Waals surface area contributed by atoms with E-state index in [-0.39, 0.29) is 17.4 Å². The summed E-state index contributed by atoms with van der Waals surface area (Å²) >= 11 is 0. The Balaban J connectivity index is 1.34. The number of likely N-dealkylation sites (N-methyl/N-ethyl adjacent to an activating group) is 1. The van der Waals surface area contributed by atoms with Crippen LogP contribution in [0.2, 0.25) is 0 Å². The van der Waals surface area contributed by atoms with Gasteiger partial charge >= 0.3 is 0 Å². The molecule has 218 valence electrons. The number of nitrogens with zero attached hydrogens (tertiary/aromatic N) is 5. The van der Waals surface area contributed by atoms with Gasteiger partial charge in [0.2, 0.25) is 5.88 Å². The number of nitrogens with two attached hydrogens (primary N) is 2. The van der Waals surface area contributed by atoms with E-state index in [1.54, 1.807) is 31.4 Å². The molecule has 1 amide bonds. The lowest BCUT2D eigenvalue weighted by atomic mass is 10.0. The first-order valence-corrected chi connectivity index (χ1v) is 14.2. The van der Waals surface area contributed by atoms with Gasteiger partial charge in [0.25, 0.3) is 5.91 Å². The van der Waals surface area contributed by atoms with E-state index in [9.17, 15) is 4.79 Å². The molecule has 1 aromatic heterocycles. The van der Waals surface area contributed by atoms with Gasteiger partial charge in [-0.2, -0.15) is 4.98 Å². The summed E-state index contributed by atoms with van der Waals surface area (Å²) in [6, 6.07) is 13.6. The van der Waals surface area contributed by atoms with Gasteiger partial charge in [0.05, 0.1) is 12.8 Å². The Morgan fingerprint density at radius 2 is 1.80 bits per heavy atom. The first-order chi connectivity index (χ1) is 19.8. The highest BCUT2D eigenvalue weighted by molar-refractivity contribution is 5.96. The maximum Gasteiger partial charge on any atom is 0.271 e. The van der Waals surface area contributed by atoms with Crippen LogP contribution in [0.5, 0.6) is 17.4 Å². The van der Waals surface area contributed by atoms with Gasteiger partial charge in [0.15, 0.2) is 11.5 Å². The fraction of sp³-hybridized carbons (Fsp3) is 0.433. The quantitative estimate of drug-likeness (QED) is 0.334. The van der Waals surface area contributed by atoms with E-state index < -0.39 is 5.91 Å². The third kappa shape index (κ3) is 6.63. The van der Waals surface area contributed by atoms with Crippen molar-refractivity contribution in [3.8, 4) is 17.4 Å². The molecule has 5 rings (SSSR count). The zero-order valence-corrected chi connectivity index (χ0v) is 24.1. The van der Waals surface area contributed by atoms with Gasteiger partial charge in [-0.15, -0.1) is 0 Å². The molecule has 11 heteroatoms. The van der Waals surface area contributed by atoms with E-state index >= 15 is 0 Å². The number of hydrogen-bond acceptors (Lipinski definition) is 10. The van der Waals surface area contributed by atoms with Crippen LogP contribution >= 0.6 is 0 Å². The number of rotatable bonds is 9.